The molecule has 3 saturated heterocycles. The highest BCUT2D eigenvalue weighted by molar-refractivity contribution is 5.76. The lowest BCUT2D eigenvalue weighted by Crippen LogP contribution is -2.66. The third kappa shape index (κ3) is 48.7. The van der Waals surface area contributed by atoms with E-state index in [9.17, 15) is 61.0 Å². The van der Waals surface area contributed by atoms with Crippen molar-refractivity contribution in [1.29, 1.82) is 0 Å². The molecule has 3 aliphatic heterocycles. The molecule has 0 bridgehead atoms. The number of aliphatic hydroxyl groups is 11. The van der Waals surface area contributed by atoms with Crippen molar-refractivity contribution in [2.75, 3.05) is 26.4 Å². The summed E-state index contributed by atoms with van der Waals surface area (Å²) < 4.78 is 34.5. The number of unbranched alkanes of at least 4 members (excludes halogenated alkanes) is 47. The summed E-state index contributed by atoms with van der Waals surface area (Å²) in [4.78, 5) is 13.5. The van der Waals surface area contributed by atoms with Gasteiger partial charge in [0.1, 0.15) is 73.2 Å². The van der Waals surface area contributed by atoms with Gasteiger partial charge in [0, 0.05) is 6.42 Å². The Bertz CT molecular complexity index is 2270. The van der Waals surface area contributed by atoms with E-state index in [1.807, 2.05) is 6.08 Å². The smallest absolute Gasteiger partial charge is 0.220 e. The van der Waals surface area contributed by atoms with Crippen LogP contribution in [0, 0.1) is 0 Å². The average Bonchev–Trinajstić information content (AvgIpc) is 0.780. The molecule has 0 saturated carbocycles. The molecule has 3 fully saturated rings. The first kappa shape index (κ1) is 101. The molecule has 17 unspecified atom stereocenters. The standard InChI is InChI=1S/C91H165NO18/c1-3-5-7-9-11-13-15-17-19-21-23-25-27-29-31-33-35-37-39-41-43-45-47-49-51-53-55-57-59-61-63-65-67-69-79(97)92-74(75(96)68-66-64-62-60-58-56-54-52-50-48-46-44-42-40-38-36-34-32-30-28-26-24-22-20-18-16-14-12-10-8-6-4-2)73-105-89-85(103)82(100)87(77(71-94)107-89)110-91-86(104)83(101)88(78(72-95)108-91)109-90-84(102)81(99)80(98)76(70-93)106-90/h5,7,11,13,17,19,23,25,58,60,66,68,74-78,80-91,93-96,98-104H,3-4,6,8-10,12,14-16,18,20-22,24,26-57,59,61-65,67,69-73H2,1-2H3,(H,92,97)/b7-5-,13-11-,19-17-,25-23-,60-58+,68-66+. The van der Waals surface area contributed by atoms with Crippen LogP contribution in [0.3, 0.4) is 0 Å². The Morgan fingerprint density at radius 2 is 0.636 bits per heavy atom. The van der Waals surface area contributed by atoms with Crippen LogP contribution in [0.25, 0.3) is 0 Å². The molecular formula is C91H165NO18. The van der Waals surface area contributed by atoms with Crippen LogP contribution in [0.2, 0.25) is 0 Å². The van der Waals surface area contributed by atoms with E-state index in [4.69, 9.17) is 28.4 Å². The molecule has 0 aromatic heterocycles. The molecule has 0 radical (unpaired) electrons. The molecule has 3 heterocycles. The summed E-state index contributed by atoms with van der Waals surface area (Å²) in [6.45, 7) is 1.66. The number of allylic oxidation sites excluding steroid dienone is 11. The van der Waals surface area contributed by atoms with Gasteiger partial charge in [-0.25, -0.2) is 0 Å². The largest absolute Gasteiger partial charge is 0.394 e. The van der Waals surface area contributed by atoms with Crippen molar-refractivity contribution in [3.8, 4) is 0 Å². The molecule has 19 heteroatoms. The lowest BCUT2D eigenvalue weighted by atomic mass is 9.96. The van der Waals surface area contributed by atoms with Gasteiger partial charge in [-0.05, 0) is 70.6 Å². The lowest BCUT2D eigenvalue weighted by Gasteiger charge is -2.48. The summed E-state index contributed by atoms with van der Waals surface area (Å²) in [6.07, 6.45) is 67.7. The second-order valence-electron chi connectivity index (χ2n) is 32.0. The molecule has 110 heavy (non-hydrogen) atoms. The Kier molecular flexibility index (Phi) is 64.9. The van der Waals surface area contributed by atoms with Gasteiger partial charge in [-0.2, -0.15) is 0 Å². The van der Waals surface area contributed by atoms with Gasteiger partial charge >= 0.3 is 0 Å². The highest BCUT2D eigenvalue weighted by Crippen LogP contribution is 2.34. The van der Waals surface area contributed by atoms with Crippen LogP contribution >= 0.6 is 0 Å². The average molecular weight is 1560 g/mol. The normalized spacial score (nSPS) is 25.5. The van der Waals surface area contributed by atoms with E-state index in [1.54, 1.807) is 6.08 Å². The van der Waals surface area contributed by atoms with Crippen molar-refractivity contribution >= 4 is 5.91 Å². The number of ether oxygens (including phenoxy) is 6. The van der Waals surface area contributed by atoms with Crippen LogP contribution in [0.1, 0.15) is 367 Å². The predicted molar refractivity (Wildman–Crippen MR) is 443 cm³/mol. The maximum atomic E-state index is 13.5. The number of carbonyl (C=O) groups excluding carboxylic acids is 1. The van der Waals surface area contributed by atoms with Crippen LogP contribution in [0.5, 0.6) is 0 Å². The Balaban J connectivity index is 1.34. The number of rotatable bonds is 73. The van der Waals surface area contributed by atoms with E-state index in [0.717, 1.165) is 64.2 Å². The van der Waals surface area contributed by atoms with Crippen molar-refractivity contribution in [3.63, 3.8) is 0 Å². The van der Waals surface area contributed by atoms with Crippen molar-refractivity contribution in [2.24, 2.45) is 0 Å². The topological polar surface area (TPSA) is 307 Å². The molecule has 19 nitrogen and oxygen atoms in total. The van der Waals surface area contributed by atoms with E-state index in [0.29, 0.717) is 12.8 Å². The van der Waals surface area contributed by atoms with Gasteiger partial charge in [-0.3, -0.25) is 4.79 Å². The van der Waals surface area contributed by atoms with E-state index >= 15 is 0 Å². The highest BCUT2D eigenvalue weighted by Gasteiger charge is 2.54. The van der Waals surface area contributed by atoms with Gasteiger partial charge in [0.2, 0.25) is 5.91 Å². The molecule has 0 aliphatic carbocycles. The lowest BCUT2D eigenvalue weighted by molar-refractivity contribution is -0.379. The van der Waals surface area contributed by atoms with E-state index in [1.165, 1.54) is 270 Å². The zero-order chi connectivity index (χ0) is 79.5. The number of nitrogens with one attached hydrogen (secondary N) is 1. The summed E-state index contributed by atoms with van der Waals surface area (Å²) in [5.74, 6) is -0.280. The predicted octanol–water partition coefficient (Wildman–Crippen LogP) is 17.1. The zero-order valence-corrected chi connectivity index (χ0v) is 69.2. The fourth-order valence-electron chi connectivity index (χ4n) is 15.1. The van der Waals surface area contributed by atoms with Crippen LogP contribution in [0.4, 0.5) is 0 Å². The first-order valence-electron chi connectivity index (χ1n) is 45.2. The molecule has 1 amide bonds. The summed E-state index contributed by atoms with van der Waals surface area (Å²) in [5, 5.41) is 121. The highest BCUT2D eigenvalue weighted by atomic mass is 16.8. The molecule has 0 aromatic rings. The minimum Gasteiger partial charge on any atom is -0.394 e. The second kappa shape index (κ2) is 70.4. The first-order valence-corrected chi connectivity index (χ1v) is 45.2. The molecule has 3 aliphatic rings. The Morgan fingerprint density at radius 1 is 0.336 bits per heavy atom. The molecule has 642 valence electrons. The third-order valence-electron chi connectivity index (χ3n) is 22.2. The summed E-state index contributed by atoms with van der Waals surface area (Å²) in [5.41, 5.74) is 0. The van der Waals surface area contributed by atoms with E-state index in [2.05, 4.69) is 79.9 Å². The molecule has 0 aromatic carbocycles. The molecule has 0 spiro atoms. The minimum absolute atomic E-state index is 0.236. The van der Waals surface area contributed by atoms with Gasteiger partial charge in [0.25, 0.3) is 0 Å². The quantitative estimate of drug-likeness (QED) is 0.0199. The number of carbonyl (C=O) groups is 1. The number of hydrogen-bond donors (Lipinski definition) is 12. The van der Waals surface area contributed by atoms with Crippen LogP contribution < -0.4 is 5.32 Å². The SMILES string of the molecule is CC/C=C\C/C=C\C/C=C\C/C=C\CCCCCCCCCCCCCCCCCCCCCCC(=O)NC(COC1OC(CO)C(OC2OC(CO)C(OC3OC(CO)C(O)C(O)C3O)C(O)C2O)C(O)C1O)C(O)/C=C/CC/C=C/CCCCCCCCCCCCCCCCCCCCCCCCCCCC. The molecule has 3 rings (SSSR count). The first-order chi connectivity index (χ1) is 53.8. The fraction of sp³-hybridized carbons (Fsp3) is 0.857. The second-order valence-corrected chi connectivity index (χ2v) is 32.0. The van der Waals surface area contributed by atoms with Crippen molar-refractivity contribution in [2.45, 2.75) is 471 Å². The maximum absolute atomic E-state index is 13.5. The number of aliphatic hydroxyl groups excluding tert-OH is 11. The van der Waals surface area contributed by atoms with Crippen LogP contribution in [-0.2, 0) is 33.2 Å². The summed E-state index contributed by atoms with van der Waals surface area (Å²) >= 11 is 0. The minimum atomic E-state index is -1.98. The van der Waals surface area contributed by atoms with E-state index in [-0.39, 0.29) is 18.9 Å². The van der Waals surface area contributed by atoms with Crippen molar-refractivity contribution in [3.05, 3.63) is 72.9 Å². The van der Waals surface area contributed by atoms with Crippen LogP contribution in [-0.4, -0.2) is 193 Å². The monoisotopic (exact) mass is 1560 g/mol. The van der Waals surface area contributed by atoms with Gasteiger partial charge in [-0.1, -0.05) is 363 Å². The number of amides is 1. The molecule has 17 atom stereocenters. The Labute approximate surface area is 668 Å². The zero-order valence-electron chi connectivity index (χ0n) is 69.2. The van der Waals surface area contributed by atoms with Crippen LogP contribution in [0.15, 0.2) is 72.9 Å². The molecule has 12 N–H and O–H groups in total. The summed E-state index contributed by atoms with van der Waals surface area (Å²) in [7, 11) is 0. The van der Waals surface area contributed by atoms with Gasteiger partial charge in [-0.15, -0.1) is 0 Å². The number of hydrogen-bond acceptors (Lipinski definition) is 18. The van der Waals surface area contributed by atoms with Gasteiger partial charge in [0.15, 0.2) is 18.9 Å². The fourth-order valence-corrected chi connectivity index (χ4v) is 15.1. The van der Waals surface area contributed by atoms with Gasteiger partial charge in [0.05, 0.1) is 38.6 Å². The maximum Gasteiger partial charge on any atom is 0.220 e. The van der Waals surface area contributed by atoms with E-state index < -0.39 is 124 Å². The molecular weight excluding hydrogens is 1390 g/mol. The van der Waals surface area contributed by atoms with Crippen molar-refractivity contribution in [1.82, 2.24) is 5.32 Å². The summed E-state index contributed by atoms with van der Waals surface area (Å²) in [6, 6.07) is -0.994. The third-order valence-corrected chi connectivity index (χ3v) is 22.2. The van der Waals surface area contributed by atoms with Gasteiger partial charge < -0.3 is 89.9 Å². The Morgan fingerprint density at radius 3 is 1.02 bits per heavy atom. The van der Waals surface area contributed by atoms with Crippen molar-refractivity contribution < 1.29 is 89.4 Å². The Hall–Kier alpha value is -2.77.